The number of thiocarbonyl (C=S) groups is 1. The van der Waals surface area contributed by atoms with Gasteiger partial charge >= 0.3 is 0 Å². The van der Waals surface area contributed by atoms with Gasteiger partial charge in [0.25, 0.3) is 0 Å². The van der Waals surface area contributed by atoms with Crippen molar-refractivity contribution in [2.24, 2.45) is 5.73 Å². The molecule has 98 valence electrons. The molecule has 0 bridgehead atoms. The molecule has 2 aromatic heterocycles. The molecule has 0 aliphatic carbocycles. The molecule has 0 aliphatic rings. The van der Waals surface area contributed by atoms with Crippen LogP contribution in [-0.4, -0.2) is 15.0 Å². The maximum absolute atomic E-state index is 5.70. The van der Waals surface area contributed by atoms with Crippen molar-refractivity contribution in [2.75, 3.05) is 5.32 Å². The molecule has 0 amide bonds. The molecule has 3 N–H and O–H groups in total. The molecule has 0 unspecified atom stereocenters. The normalized spacial score (nSPS) is 10.4. The molecule has 1 aromatic carbocycles. The first kappa shape index (κ1) is 12.5. The van der Waals surface area contributed by atoms with E-state index in [0.717, 1.165) is 22.2 Å². The van der Waals surface area contributed by atoms with Crippen LogP contribution in [0.1, 0.15) is 5.56 Å². The molecule has 0 spiro atoms. The van der Waals surface area contributed by atoms with Crippen LogP contribution in [0.15, 0.2) is 54.9 Å². The van der Waals surface area contributed by atoms with Gasteiger partial charge in [0.1, 0.15) is 10.8 Å². The van der Waals surface area contributed by atoms with Gasteiger partial charge in [-0.1, -0.05) is 18.3 Å². The first-order chi connectivity index (χ1) is 9.74. The van der Waals surface area contributed by atoms with E-state index in [4.69, 9.17) is 18.0 Å². The Labute approximate surface area is 121 Å². The van der Waals surface area contributed by atoms with Gasteiger partial charge in [0.15, 0.2) is 0 Å². The highest BCUT2D eigenvalue weighted by molar-refractivity contribution is 7.80. The molecule has 0 fully saturated rings. The number of fused-ring (bicyclic) bond motifs is 1. The van der Waals surface area contributed by atoms with E-state index in [1.54, 1.807) is 12.4 Å². The van der Waals surface area contributed by atoms with Gasteiger partial charge in [-0.2, -0.15) is 0 Å². The molecule has 0 atom stereocenters. The second kappa shape index (κ2) is 5.22. The lowest BCUT2D eigenvalue weighted by molar-refractivity contribution is 1.30. The Morgan fingerprint density at radius 3 is 2.70 bits per heavy atom. The summed E-state index contributed by atoms with van der Waals surface area (Å²) in [6.45, 7) is 0. The van der Waals surface area contributed by atoms with E-state index in [2.05, 4.69) is 15.3 Å². The van der Waals surface area contributed by atoms with Crippen molar-refractivity contribution in [3.63, 3.8) is 0 Å². The van der Waals surface area contributed by atoms with Crippen molar-refractivity contribution in [1.82, 2.24) is 9.97 Å². The largest absolute Gasteiger partial charge is 0.389 e. The lowest BCUT2D eigenvalue weighted by Gasteiger charge is -2.10. The predicted molar refractivity (Wildman–Crippen MR) is 85.2 cm³/mol. The fourth-order valence-corrected chi connectivity index (χ4v) is 2.16. The summed E-state index contributed by atoms with van der Waals surface area (Å²) in [5.74, 6) is 0.656. The molecule has 0 aliphatic heterocycles. The number of nitrogens with two attached hydrogens (primary N) is 1. The summed E-state index contributed by atoms with van der Waals surface area (Å²) in [4.78, 5) is 8.89. The van der Waals surface area contributed by atoms with Crippen molar-refractivity contribution in [3.8, 4) is 0 Å². The maximum atomic E-state index is 5.70. The smallest absolute Gasteiger partial charge is 0.140 e. The van der Waals surface area contributed by atoms with Crippen molar-refractivity contribution in [2.45, 2.75) is 0 Å². The standard InChI is InChI=1S/C15H12N4S/c16-14(20)12-4-2-8-18-15(12)19-11-5-6-13-10(9-11)3-1-7-17-13/h1-9H,(H2,16,20)(H,18,19). The number of hydrogen-bond donors (Lipinski definition) is 2. The molecule has 2 heterocycles. The molecule has 4 nitrogen and oxygen atoms in total. The quantitative estimate of drug-likeness (QED) is 0.722. The molecular weight excluding hydrogens is 268 g/mol. The topological polar surface area (TPSA) is 63.8 Å². The molecule has 3 rings (SSSR count). The Balaban J connectivity index is 1.99. The van der Waals surface area contributed by atoms with Gasteiger partial charge < -0.3 is 11.1 Å². The first-order valence-electron chi connectivity index (χ1n) is 6.11. The lowest BCUT2D eigenvalue weighted by atomic mass is 10.2. The highest BCUT2D eigenvalue weighted by Crippen LogP contribution is 2.22. The predicted octanol–water partition coefficient (Wildman–Crippen LogP) is 3.01. The average molecular weight is 280 g/mol. The van der Waals surface area contributed by atoms with Crippen LogP contribution in [0, 0.1) is 0 Å². The van der Waals surface area contributed by atoms with Gasteiger partial charge in [-0.15, -0.1) is 0 Å². The molecule has 20 heavy (non-hydrogen) atoms. The average Bonchev–Trinajstić information content (AvgIpc) is 2.47. The van der Waals surface area contributed by atoms with Crippen LogP contribution >= 0.6 is 12.2 Å². The van der Waals surface area contributed by atoms with Crippen LogP contribution in [0.25, 0.3) is 10.9 Å². The van der Waals surface area contributed by atoms with Gasteiger partial charge in [-0.25, -0.2) is 4.98 Å². The third kappa shape index (κ3) is 2.44. The van der Waals surface area contributed by atoms with Crippen LogP contribution in [0.3, 0.4) is 0 Å². The van der Waals surface area contributed by atoms with Gasteiger partial charge in [-0.3, -0.25) is 4.98 Å². The van der Waals surface area contributed by atoms with Crippen LogP contribution in [-0.2, 0) is 0 Å². The zero-order valence-electron chi connectivity index (χ0n) is 10.6. The monoisotopic (exact) mass is 280 g/mol. The fourth-order valence-electron chi connectivity index (χ4n) is 1.99. The second-order valence-electron chi connectivity index (χ2n) is 4.30. The summed E-state index contributed by atoms with van der Waals surface area (Å²) in [7, 11) is 0. The van der Waals surface area contributed by atoms with Crippen molar-refractivity contribution in [3.05, 3.63) is 60.4 Å². The van der Waals surface area contributed by atoms with E-state index in [0.29, 0.717) is 10.8 Å². The van der Waals surface area contributed by atoms with Gasteiger partial charge in [0, 0.05) is 23.5 Å². The third-order valence-corrected chi connectivity index (χ3v) is 3.16. The molecule has 0 saturated heterocycles. The molecule has 0 saturated carbocycles. The molecule has 0 radical (unpaired) electrons. The van der Waals surface area contributed by atoms with Crippen LogP contribution in [0.5, 0.6) is 0 Å². The van der Waals surface area contributed by atoms with E-state index in [-0.39, 0.29) is 0 Å². The minimum Gasteiger partial charge on any atom is -0.389 e. The Hall–Kier alpha value is -2.53. The van der Waals surface area contributed by atoms with E-state index in [1.165, 1.54) is 0 Å². The van der Waals surface area contributed by atoms with Gasteiger partial charge in [0.05, 0.1) is 11.1 Å². The number of hydrogen-bond acceptors (Lipinski definition) is 4. The minimum absolute atomic E-state index is 0.322. The van der Waals surface area contributed by atoms with Crippen molar-refractivity contribution >= 4 is 39.6 Å². The Morgan fingerprint density at radius 1 is 1.05 bits per heavy atom. The van der Waals surface area contributed by atoms with E-state index < -0.39 is 0 Å². The molecule has 5 heteroatoms. The number of nitrogens with zero attached hydrogens (tertiary/aromatic N) is 2. The van der Waals surface area contributed by atoms with Crippen molar-refractivity contribution in [1.29, 1.82) is 0 Å². The van der Waals surface area contributed by atoms with Gasteiger partial charge in [-0.05, 0) is 36.4 Å². The van der Waals surface area contributed by atoms with E-state index in [9.17, 15) is 0 Å². The number of anilines is 2. The summed E-state index contributed by atoms with van der Waals surface area (Å²) in [6.07, 6.45) is 3.48. The molecule has 3 aromatic rings. The zero-order chi connectivity index (χ0) is 13.9. The highest BCUT2D eigenvalue weighted by Gasteiger charge is 2.06. The van der Waals surface area contributed by atoms with E-state index in [1.807, 2.05) is 42.5 Å². The lowest BCUT2D eigenvalue weighted by Crippen LogP contribution is -2.12. The van der Waals surface area contributed by atoms with Crippen LogP contribution in [0.4, 0.5) is 11.5 Å². The summed E-state index contributed by atoms with van der Waals surface area (Å²) in [5, 5.41) is 4.30. The number of pyridine rings is 2. The summed E-state index contributed by atoms with van der Waals surface area (Å²) < 4.78 is 0. The SMILES string of the molecule is NC(=S)c1cccnc1Nc1ccc2ncccc2c1. The van der Waals surface area contributed by atoms with E-state index >= 15 is 0 Å². The first-order valence-corrected chi connectivity index (χ1v) is 6.51. The Bertz CT molecular complexity index is 785. The summed E-state index contributed by atoms with van der Waals surface area (Å²) in [5.41, 5.74) is 8.30. The van der Waals surface area contributed by atoms with Crippen LogP contribution < -0.4 is 11.1 Å². The summed E-state index contributed by atoms with van der Waals surface area (Å²) >= 11 is 5.03. The number of aromatic nitrogens is 2. The molecular formula is C15H12N4S. The van der Waals surface area contributed by atoms with Crippen LogP contribution in [0.2, 0.25) is 0 Å². The number of rotatable bonds is 3. The minimum atomic E-state index is 0.322. The highest BCUT2D eigenvalue weighted by atomic mass is 32.1. The fraction of sp³-hybridized carbons (Fsp3) is 0. The Kier molecular flexibility index (Phi) is 3.26. The maximum Gasteiger partial charge on any atom is 0.140 e. The Morgan fingerprint density at radius 2 is 1.85 bits per heavy atom. The second-order valence-corrected chi connectivity index (χ2v) is 4.74. The summed E-state index contributed by atoms with van der Waals surface area (Å²) in [6, 6.07) is 13.5. The number of benzene rings is 1. The van der Waals surface area contributed by atoms with Crippen molar-refractivity contribution < 1.29 is 0 Å². The third-order valence-electron chi connectivity index (χ3n) is 2.94. The zero-order valence-corrected chi connectivity index (χ0v) is 11.4. The van der Waals surface area contributed by atoms with Gasteiger partial charge in [0.2, 0.25) is 0 Å². The number of nitrogens with one attached hydrogen (secondary N) is 1.